The Morgan fingerprint density at radius 1 is 0.912 bits per heavy atom. The van der Waals surface area contributed by atoms with E-state index in [1.54, 1.807) is 0 Å². The molecule has 0 saturated heterocycles. The molecule has 0 aliphatic rings. The van der Waals surface area contributed by atoms with Gasteiger partial charge in [0.2, 0.25) is 34.8 Å². The lowest BCUT2D eigenvalue weighted by atomic mass is 10.1. The molecule has 5 nitrogen and oxygen atoms in total. The van der Waals surface area contributed by atoms with Crippen LogP contribution >= 0.6 is 0 Å². The van der Waals surface area contributed by atoms with Crippen molar-refractivity contribution in [2.75, 3.05) is 17.6 Å². The van der Waals surface area contributed by atoms with E-state index >= 15 is 0 Å². The Morgan fingerprint density at radius 3 is 2.12 bits per heavy atom. The zero-order valence-corrected chi connectivity index (χ0v) is 16.7. The van der Waals surface area contributed by atoms with Crippen LogP contribution in [0.5, 0.6) is 5.75 Å². The highest BCUT2D eigenvalue weighted by Crippen LogP contribution is 2.31. The normalized spacial score (nSPS) is 11.4. The maximum atomic E-state index is 14.8. The molecule has 0 radical (unpaired) electrons. The molecule has 3 N–H and O–H groups in total. The number of carbonyl (C=O) groups is 1. The van der Waals surface area contributed by atoms with E-state index in [4.69, 9.17) is 5.73 Å². The number of hydrogen-bond donors (Lipinski definition) is 2. The second-order valence-corrected chi connectivity index (χ2v) is 6.82. The molecule has 1 heterocycles. The fraction of sp³-hybridized carbons (Fsp3) is 0.143. The topological polar surface area (TPSA) is 77.2 Å². The van der Waals surface area contributed by atoms with E-state index in [1.807, 2.05) is 0 Å². The molecule has 0 saturated carbocycles. The van der Waals surface area contributed by atoms with Gasteiger partial charge in [-0.3, -0.25) is 9.78 Å². The number of nitrogen functional groups attached to an aromatic ring is 1. The molecule has 0 bridgehead atoms. The monoisotopic (exact) mass is 491 g/mol. The number of aromatic nitrogens is 1. The number of anilines is 2. The number of alkyl halides is 2. The summed E-state index contributed by atoms with van der Waals surface area (Å²) in [6.07, 6.45) is 0.0185. The van der Waals surface area contributed by atoms with Crippen molar-refractivity contribution >= 4 is 17.3 Å². The summed E-state index contributed by atoms with van der Waals surface area (Å²) in [4.78, 5) is 15.6. The fourth-order valence-electron chi connectivity index (χ4n) is 2.80. The number of esters is 1. The van der Waals surface area contributed by atoms with Crippen molar-refractivity contribution in [1.29, 1.82) is 0 Å². The molecule has 2 aromatic carbocycles. The molecule has 3 aromatic rings. The Kier molecular flexibility index (Phi) is 6.93. The largest absolute Gasteiger partial charge is 0.420 e. The molecule has 1 aromatic heterocycles. The first-order chi connectivity index (χ1) is 15.9. The second-order valence-electron chi connectivity index (χ2n) is 6.82. The van der Waals surface area contributed by atoms with E-state index in [0.29, 0.717) is 0 Å². The first kappa shape index (κ1) is 24.7. The molecule has 3 rings (SSSR count). The van der Waals surface area contributed by atoms with Crippen LogP contribution in [0.15, 0.2) is 36.5 Å². The number of pyridine rings is 1. The van der Waals surface area contributed by atoms with E-state index in [-0.39, 0.29) is 5.69 Å². The Hall–Kier alpha value is -3.90. The lowest BCUT2D eigenvalue weighted by molar-refractivity contribution is -0.134. The molecule has 0 aliphatic heterocycles. The van der Waals surface area contributed by atoms with Crippen molar-refractivity contribution in [2.24, 2.45) is 0 Å². The first-order valence-electron chi connectivity index (χ1n) is 9.26. The quantitative estimate of drug-likeness (QED) is 0.123. The summed E-state index contributed by atoms with van der Waals surface area (Å²) < 4.78 is 115. The van der Waals surface area contributed by atoms with Gasteiger partial charge in [0.1, 0.15) is 5.69 Å². The summed E-state index contributed by atoms with van der Waals surface area (Å²) >= 11 is 0. The van der Waals surface area contributed by atoms with Crippen molar-refractivity contribution in [3.05, 3.63) is 82.7 Å². The molecule has 0 spiro atoms. The summed E-state index contributed by atoms with van der Waals surface area (Å²) in [6, 6.07) is 5.85. The van der Waals surface area contributed by atoms with E-state index in [9.17, 15) is 39.9 Å². The predicted octanol–water partition coefficient (Wildman–Crippen LogP) is 4.85. The highest BCUT2D eigenvalue weighted by molar-refractivity contribution is 5.78. The Balaban J connectivity index is 1.80. The summed E-state index contributed by atoms with van der Waals surface area (Å²) in [5.74, 6) is -20.3. The highest BCUT2D eigenvalue weighted by atomic mass is 19.3. The van der Waals surface area contributed by atoms with E-state index in [2.05, 4.69) is 15.0 Å². The summed E-state index contributed by atoms with van der Waals surface area (Å²) in [7, 11) is 0. The number of ether oxygens (including phenoxy) is 1. The van der Waals surface area contributed by atoms with Crippen molar-refractivity contribution in [2.45, 2.75) is 12.3 Å². The molecular weight excluding hydrogens is 478 g/mol. The average molecular weight is 491 g/mol. The smallest absolute Gasteiger partial charge is 0.316 e. The van der Waals surface area contributed by atoms with Gasteiger partial charge in [0, 0.05) is 17.4 Å². The number of benzene rings is 2. The number of carbonyl (C=O) groups excluding carboxylic acids is 1. The lowest BCUT2D eigenvalue weighted by Crippen LogP contribution is -2.26. The predicted molar refractivity (Wildman–Crippen MR) is 103 cm³/mol. The van der Waals surface area contributed by atoms with Gasteiger partial charge in [-0.1, -0.05) is 6.07 Å². The third-order valence-corrected chi connectivity index (χ3v) is 4.53. The van der Waals surface area contributed by atoms with Crippen LogP contribution in [-0.2, 0) is 17.1 Å². The zero-order valence-electron chi connectivity index (χ0n) is 16.7. The van der Waals surface area contributed by atoms with Crippen LogP contribution in [-0.4, -0.2) is 17.5 Å². The van der Waals surface area contributed by atoms with Gasteiger partial charge in [0.05, 0.1) is 18.7 Å². The maximum Gasteiger partial charge on any atom is 0.316 e. The van der Waals surface area contributed by atoms with Crippen LogP contribution in [0.4, 0.5) is 46.5 Å². The fourth-order valence-corrected chi connectivity index (χ4v) is 2.80. The Bertz CT molecular complexity index is 1210. The summed E-state index contributed by atoms with van der Waals surface area (Å²) in [5.41, 5.74) is 3.49. The molecule has 0 atom stereocenters. The second kappa shape index (κ2) is 9.53. The van der Waals surface area contributed by atoms with Crippen molar-refractivity contribution < 1.29 is 44.7 Å². The highest BCUT2D eigenvalue weighted by Gasteiger charge is 2.33. The molecule has 0 fully saturated rings. The van der Waals surface area contributed by atoms with Crippen LogP contribution in [0.25, 0.3) is 0 Å². The molecule has 180 valence electrons. The molecule has 13 heteroatoms. The van der Waals surface area contributed by atoms with Crippen LogP contribution < -0.4 is 15.8 Å². The Morgan fingerprint density at radius 2 is 1.53 bits per heavy atom. The number of nitrogens with two attached hydrogens (primary N) is 1. The van der Waals surface area contributed by atoms with Gasteiger partial charge in [0.25, 0.3) is 0 Å². The third-order valence-electron chi connectivity index (χ3n) is 4.53. The number of rotatable bonds is 7. The van der Waals surface area contributed by atoms with Crippen molar-refractivity contribution in [3.8, 4) is 5.75 Å². The van der Waals surface area contributed by atoms with Gasteiger partial charge in [-0.25, -0.2) is 17.6 Å². The van der Waals surface area contributed by atoms with Crippen LogP contribution in [0.3, 0.4) is 0 Å². The van der Waals surface area contributed by atoms with E-state index in [0.717, 1.165) is 24.4 Å². The van der Waals surface area contributed by atoms with Crippen LogP contribution in [0, 0.1) is 34.9 Å². The Labute approximate surface area is 186 Å². The van der Waals surface area contributed by atoms with Crippen molar-refractivity contribution in [3.63, 3.8) is 0 Å². The molecular formula is C21H13F8N3O2. The molecule has 0 unspecified atom stereocenters. The lowest BCUT2D eigenvalue weighted by Gasteiger charge is -2.18. The third kappa shape index (κ3) is 4.87. The maximum absolute atomic E-state index is 14.8. The minimum Gasteiger partial charge on any atom is -0.420 e. The van der Waals surface area contributed by atoms with Gasteiger partial charge in [-0.05, 0) is 24.3 Å². The van der Waals surface area contributed by atoms with Gasteiger partial charge in [-0.2, -0.15) is 17.6 Å². The number of hydrogen-bond acceptors (Lipinski definition) is 5. The summed E-state index contributed by atoms with van der Waals surface area (Å²) in [6.45, 7) is -1.10. The summed E-state index contributed by atoms with van der Waals surface area (Å²) in [5, 5.41) is 2.15. The van der Waals surface area contributed by atoms with E-state index < -0.39 is 82.5 Å². The number of nitrogens with zero attached hydrogens (tertiary/aromatic N) is 1. The van der Waals surface area contributed by atoms with Gasteiger partial charge >= 0.3 is 11.9 Å². The van der Waals surface area contributed by atoms with Gasteiger partial charge in [0.15, 0.2) is 5.82 Å². The minimum atomic E-state index is -3.51. The number of nitrogens with one attached hydrogen (secondary N) is 1. The van der Waals surface area contributed by atoms with Crippen LogP contribution in [0.2, 0.25) is 0 Å². The number of halogens is 8. The van der Waals surface area contributed by atoms with Crippen molar-refractivity contribution in [1.82, 2.24) is 4.98 Å². The minimum absolute atomic E-state index is 0.367. The first-order valence-corrected chi connectivity index (χ1v) is 9.26. The van der Waals surface area contributed by atoms with Crippen LogP contribution in [0.1, 0.15) is 11.3 Å². The molecule has 34 heavy (non-hydrogen) atoms. The van der Waals surface area contributed by atoms with Gasteiger partial charge < -0.3 is 15.8 Å². The molecule has 0 aliphatic carbocycles. The zero-order chi connectivity index (χ0) is 25.2. The van der Waals surface area contributed by atoms with Gasteiger partial charge in [-0.15, -0.1) is 0 Å². The standard InChI is InChI=1S/C21H13F8N3O2/c22-14-9(7-13(33)34-20-18(26)16(24)15(23)17(25)19(20)27)10(30)4-5-11(14)32-8-21(28,29)12-3-1-2-6-31-12/h1-6,32H,7-8,30H2. The average Bonchev–Trinajstić information content (AvgIpc) is 2.82. The SMILES string of the molecule is Nc1ccc(NCC(F)(F)c2ccccn2)c(F)c1CC(=O)Oc1c(F)c(F)c(F)c(F)c1F. The molecule has 0 amide bonds. The van der Waals surface area contributed by atoms with E-state index in [1.165, 1.54) is 12.1 Å².